The van der Waals surface area contributed by atoms with E-state index in [1.807, 2.05) is 0 Å². The molecule has 0 spiro atoms. The van der Waals surface area contributed by atoms with E-state index in [9.17, 15) is 18.0 Å². The highest BCUT2D eigenvalue weighted by molar-refractivity contribution is 7.89. The molecule has 2 fully saturated rings. The number of amides is 2. The van der Waals surface area contributed by atoms with E-state index in [2.05, 4.69) is 19.2 Å². The predicted octanol–water partition coefficient (Wildman–Crippen LogP) is 3.14. The topological polar surface area (TPSA) is 86.8 Å². The molecular weight excluding hydrogens is 450 g/mol. The second-order valence-electron chi connectivity index (χ2n) is 9.23. The van der Waals surface area contributed by atoms with Crippen molar-refractivity contribution in [2.24, 2.45) is 17.8 Å². The van der Waals surface area contributed by atoms with Crippen LogP contribution in [0.1, 0.15) is 46.0 Å². The van der Waals surface area contributed by atoms with E-state index in [0.29, 0.717) is 44.9 Å². The smallest absolute Gasteiger partial charge is 0.244 e. The number of halogens is 1. The Bertz CT molecular complexity index is 922. The molecule has 1 N–H and O–H groups in total. The molecule has 0 bridgehead atoms. The van der Waals surface area contributed by atoms with Gasteiger partial charge in [-0.2, -0.15) is 4.31 Å². The summed E-state index contributed by atoms with van der Waals surface area (Å²) in [5, 5.41) is 3.18. The molecule has 0 aromatic heterocycles. The van der Waals surface area contributed by atoms with Crippen molar-refractivity contribution in [1.82, 2.24) is 14.5 Å². The third-order valence-corrected chi connectivity index (χ3v) is 8.68. The number of likely N-dealkylation sites (tertiary alicyclic amines) is 1. The molecule has 2 atom stereocenters. The first kappa shape index (κ1) is 25.0. The van der Waals surface area contributed by atoms with E-state index in [4.69, 9.17) is 11.6 Å². The van der Waals surface area contributed by atoms with E-state index < -0.39 is 15.9 Å². The average Bonchev–Trinajstić information content (AvgIpc) is 2.78. The van der Waals surface area contributed by atoms with Crippen molar-refractivity contribution in [2.45, 2.75) is 50.8 Å². The highest BCUT2D eigenvalue weighted by Gasteiger charge is 2.37. The number of carbonyl (C=O) groups is 2. The molecule has 2 saturated heterocycles. The Kier molecular flexibility index (Phi) is 8.58. The lowest BCUT2D eigenvalue weighted by molar-refractivity contribution is -0.140. The zero-order valence-electron chi connectivity index (χ0n) is 18.9. The van der Waals surface area contributed by atoms with E-state index in [1.165, 1.54) is 10.4 Å². The third kappa shape index (κ3) is 6.02. The number of sulfonamides is 1. The molecule has 1 aromatic rings. The van der Waals surface area contributed by atoms with Gasteiger partial charge in [-0.25, -0.2) is 8.42 Å². The third-order valence-electron chi connectivity index (χ3n) is 6.31. The van der Waals surface area contributed by atoms with Gasteiger partial charge in [-0.3, -0.25) is 9.59 Å². The van der Waals surface area contributed by atoms with E-state index in [-0.39, 0.29) is 34.2 Å². The number of benzene rings is 1. The van der Waals surface area contributed by atoms with Gasteiger partial charge in [-0.15, -0.1) is 0 Å². The Morgan fingerprint density at radius 3 is 2.50 bits per heavy atom. The van der Waals surface area contributed by atoms with Crippen LogP contribution in [-0.4, -0.2) is 62.2 Å². The highest BCUT2D eigenvalue weighted by atomic mass is 35.5. The summed E-state index contributed by atoms with van der Waals surface area (Å²) in [7, 11) is -3.76. The fourth-order valence-electron chi connectivity index (χ4n) is 4.43. The fourth-order valence-corrected chi connectivity index (χ4v) is 6.45. The van der Waals surface area contributed by atoms with E-state index >= 15 is 0 Å². The molecular formula is C23H34ClN3O4S. The molecule has 3 rings (SSSR count). The van der Waals surface area contributed by atoms with Crippen LogP contribution in [0.15, 0.2) is 29.2 Å². The first-order valence-corrected chi connectivity index (χ1v) is 13.3. The Hall–Kier alpha value is -1.64. The molecule has 32 heavy (non-hydrogen) atoms. The molecule has 2 amide bonds. The molecule has 2 aliphatic rings. The predicted molar refractivity (Wildman–Crippen MR) is 125 cm³/mol. The second kappa shape index (κ2) is 11.0. The van der Waals surface area contributed by atoms with Gasteiger partial charge in [-0.1, -0.05) is 37.6 Å². The Morgan fingerprint density at radius 1 is 1.09 bits per heavy atom. The number of piperidine rings is 2. The van der Waals surface area contributed by atoms with Gasteiger partial charge in [0, 0.05) is 32.7 Å². The summed E-state index contributed by atoms with van der Waals surface area (Å²) in [6.07, 6.45) is 3.75. The summed E-state index contributed by atoms with van der Waals surface area (Å²) in [4.78, 5) is 27.6. The van der Waals surface area contributed by atoms with Gasteiger partial charge in [0.25, 0.3) is 0 Å². The van der Waals surface area contributed by atoms with Crippen molar-refractivity contribution >= 4 is 33.4 Å². The van der Waals surface area contributed by atoms with Crippen LogP contribution in [-0.2, 0) is 19.6 Å². The summed E-state index contributed by atoms with van der Waals surface area (Å²) in [5.74, 6) is -0.121. The van der Waals surface area contributed by atoms with Gasteiger partial charge in [0.2, 0.25) is 21.8 Å². The SMILES string of the molecule is CC(C)CCNC(=O)[C@@H]1CCCN(C(=O)C2CCCN(S(=O)(=O)c3ccccc3Cl)C2)C1. The van der Waals surface area contributed by atoms with Crippen LogP contribution in [0.4, 0.5) is 0 Å². The van der Waals surface area contributed by atoms with Gasteiger partial charge in [0.15, 0.2) is 0 Å². The molecule has 0 aliphatic carbocycles. The van der Waals surface area contributed by atoms with Crippen LogP contribution >= 0.6 is 11.6 Å². The quantitative estimate of drug-likeness (QED) is 0.645. The van der Waals surface area contributed by atoms with Crippen LogP contribution in [0.3, 0.4) is 0 Å². The lowest BCUT2D eigenvalue weighted by Gasteiger charge is -2.37. The van der Waals surface area contributed by atoms with E-state index in [0.717, 1.165) is 19.3 Å². The Labute approximate surface area is 196 Å². The summed E-state index contributed by atoms with van der Waals surface area (Å²) in [6, 6.07) is 6.39. The van der Waals surface area contributed by atoms with Crippen molar-refractivity contribution in [1.29, 1.82) is 0 Å². The maximum atomic E-state index is 13.2. The van der Waals surface area contributed by atoms with Gasteiger partial charge >= 0.3 is 0 Å². The molecule has 9 heteroatoms. The fraction of sp³-hybridized carbons (Fsp3) is 0.652. The van der Waals surface area contributed by atoms with Gasteiger partial charge in [0.05, 0.1) is 16.9 Å². The van der Waals surface area contributed by atoms with Gasteiger partial charge in [-0.05, 0) is 50.2 Å². The monoisotopic (exact) mass is 483 g/mol. The zero-order chi connectivity index (χ0) is 23.3. The maximum absolute atomic E-state index is 13.2. The summed E-state index contributed by atoms with van der Waals surface area (Å²) in [6.45, 7) is 6.42. The van der Waals surface area contributed by atoms with Crippen LogP contribution in [0.2, 0.25) is 5.02 Å². The second-order valence-corrected chi connectivity index (χ2v) is 11.5. The van der Waals surface area contributed by atoms with Crippen LogP contribution in [0.25, 0.3) is 0 Å². The molecule has 2 heterocycles. The van der Waals surface area contributed by atoms with Crippen molar-refractivity contribution in [3.63, 3.8) is 0 Å². The number of hydrogen-bond acceptors (Lipinski definition) is 4. The van der Waals surface area contributed by atoms with Crippen LogP contribution in [0, 0.1) is 17.8 Å². The Morgan fingerprint density at radius 2 is 1.78 bits per heavy atom. The van der Waals surface area contributed by atoms with Crippen LogP contribution in [0.5, 0.6) is 0 Å². The Balaban J connectivity index is 1.62. The number of hydrogen-bond donors (Lipinski definition) is 1. The average molecular weight is 484 g/mol. The zero-order valence-corrected chi connectivity index (χ0v) is 20.5. The minimum Gasteiger partial charge on any atom is -0.356 e. The number of rotatable bonds is 7. The molecule has 1 aromatic carbocycles. The van der Waals surface area contributed by atoms with Crippen molar-refractivity contribution in [3.8, 4) is 0 Å². The van der Waals surface area contributed by atoms with E-state index in [1.54, 1.807) is 23.1 Å². The summed E-state index contributed by atoms with van der Waals surface area (Å²) < 4.78 is 27.6. The number of nitrogens with one attached hydrogen (secondary N) is 1. The molecule has 7 nitrogen and oxygen atoms in total. The van der Waals surface area contributed by atoms with Gasteiger partial charge < -0.3 is 10.2 Å². The maximum Gasteiger partial charge on any atom is 0.244 e. The summed E-state index contributed by atoms with van der Waals surface area (Å²) in [5.41, 5.74) is 0. The number of nitrogens with zero attached hydrogens (tertiary/aromatic N) is 2. The largest absolute Gasteiger partial charge is 0.356 e. The lowest BCUT2D eigenvalue weighted by atomic mass is 9.93. The lowest BCUT2D eigenvalue weighted by Crippen LogP contribution is -2.51. The van der Waals surface area contributed by atoms with Crippen molar-refractivity contribution < 1.29 is 18.0 Å². The molecule has 178 valence electrons. The molecule has 0 radical (unpaired) electrons. The summed E-state index contributed by atoms with van der Waals surface area (Å²) >= 11 is 6.13. The van der Waals surface area contributed by atoms with Crippen LogP contribution < -0.4 is 5.32 Å². The molecule has 1 unspecified atom stereocenters. The minimum atomic E-state index is -3.76. The van der Waals surface area contributed by atoms with Crippen molar-refractivity contribution in [3.05, 3.63) is 29.3 Å². The van der Waals surface area contributed by atoms with Gasteiger partial charge in [0.1, 0.15) is 4.90 Å². The molecule has 2 aliphatic heterocycles. The normalized spacial score (nSPS) is 22.7. The highest BCUT2D eigenvalue weighted by Crippen LogP contribution is 2.29. The standard InChI is InChI=1S/C23H34ClN3O4S/c1-17(2)11-12-25-22(28)18-7-5-13-26(15-18)23(29)19-8-6-14-27(16-19)32(30,31)21-10-4-3-9-20(21)24/h3-4,9-10,17-19H,5-8,11-16H2,1-2H3,(H,25,28)/t18-,19?/m1/s1. The van der Waals surface area contributed by atoms with Crippen molar-refractivity contribution in [2.75, 3.05) is 32.7 Å². The molecule has 0 saturated carbocycles. The minimum absolute atomic E-state index is 0.00900. The number of carbonyl (C=O) groups excluding carboxylic acids is 2. The first-order chi connectivity index (χ1) is 15.2. The first-order valence-electron chi connectivity index (χ1n) is 11.5.